The van der Waals surface area contributed by atoms with E-state index in [9.17, 15) is 26.3 Å². The van der Waals surface area contributed by atoms with Crippen molar-refractivity contribution in [3.63, 3.8) is 0 Å². The van der Waals surface area contributed by atoms with E-state index in [2.05, 4.69) is 0 Å². The molecule has 1 aromatic carbocycles. The molecule has 22 heavy (non-hydrogen) atoms. The number of alkyl halides is 6. The Kier molecular flexibility index (Phi) is 3.64. The maximum atomic E-state index is 13.2. The van der Waals surface area contributed by atoms with Gasteiger partial charge in [-0.15, -0.1) is 0 Å². The molecular weight excluding hydrogens is 309 g/mol. The van der Waals surface area contributed by atoms with Crippen LogP contribution in [0, 0.1) is 0 Å². The molecule has 8 heteroatoms. The SMILES string of the molecule is CC1(C)OB(c2ccc(C(F)(F)F)cc2C(F)(F)F)C1(C)C. The maximum Gasteiger partial charge on any atom is 0.416 e. The molecule has 0 radical (unpaired) electrons. The van der Waals surface area contributed by atoms with Crippen molar-refractivity contribution in [2.24, 2.45) is 0 Å². The van der Waals surface area contributed by atoms with Gasteiger partial charge in [-0.25, -0.2) is 0 Å². The molecule has 1 aliphatic heterocycles. The Morgan fingerprint density at radius 3 is 1.82 bits per heavy atom. The van der Waals surface area contributed by atoms with E-state index in [1.165, 1.54) is 0 Å². The van der Waals surface area contributed by atoms with Crippen molar-refractivity contribution in [1.29, 1.82) is 0 Å². The van der Waals surface area contributed by atoms with Gasteiger partial charge in [-0.05, 0) is 25.4 Å². The average molecular weight is 324 g/mol. The molecule has 0 aliphatic carbocycles. The van der Waals surface area contributed by atoms with Crippen molar-refractivity contribution in [2.75, 3.05) is 0 Å². The van der Waals surface area contributed by atoms with Crippen molar-refractivity contribution in [3.05, 3.63) is 29.3 Å². The Balaban J connectivity index is 2.54. The number of rotatable bonds is 1. The molecule has 0 atom stereocenters. The van der Waals surface area contributed by atoms with Gasteiger partial charge in [-0.2, -0.15) is 26.3 Å². The summed E-state index contributed by atoms with van der Waals surface area (Å²) in [6, 6.07) is 1.68. The molecule has 1 aromatic rings. The van der Waals surface area contributed by atoms with Crippen molar-refractivity contribution < 1.29 is 31.0 Å². The summed E-state index contributed by atoms with van der Waals surface area (Å²) in [7, 11) is 0. The highest BCUT2D eigenvalue weighted by molar-refractivity contribution is 6.73. The Labute approximate surface area is 124 Å². The second kappa shape index (κ2) is 4.66. The van der Waals surface area contributed by atoms with Gasteiger partial charge in [0.05, 0.1) is 11.1 Å². The van der Waals surface area contributed by atoms with Crippen molar-refractivity contribution in [2.45, 2.75) is 51.0 Å². The molecule has 1 fully saturated rings. The average Bonchev–Trinajstić information content (AvgIpc) is 2.33. The van der Waals surface area contributed by atoms with Crippen LogP contribution in [0.4, 0.5) is 26.3 Å². The molecule has 2 rings (SSSR count). The lowest BCUT2D eigenvalue weighted by Crippen LogP contribution is -2.67. The van der Waals surface area contributed by atoms with E-state index in [1.807, 2.05) is 0 Å². The smallest absolute Gasteiger partial charge is 0.416 e. The molecule has 1 heterocycles. The van der Waals surface area contributed by atoms with Crippen LogP contribution in [0.15, 0.2) is 18.2 Å². The zero-order chi connectivity index (χ0) is 17.1. The summed E-state index contributed by atoms with van der Waals surface area (Å²) < 4.78 is 83.0. The van der Waals surface area contributed by atoms with Gasteiger partial charge in [0.2, 0.25) is 0 Å². The summed E-state index contributed by atoms with van der Waals surface area (Å²) in [5.74, 6) is 0. The van der Waals surface area contributed by atoms with E-state index >= 15 is 0 Å². The van der Waals surface area contributed by atoms with Gasteiger partial charge in [-0.3, -0.25) is 0 Å². The Hall–Kier alpha value is -1.18. The van der Waals surface area contributed by atoms with E-state index in [0.717, 1.165) is 6.07 Å². The zero-order valence-corrected chi connectivity index (χ0v) is 12.5. The molecular formula is C14H15BF6O. The highest BCUT2D eigenvalue weighted by Gasteiger charge is 2.60. The molecule has 1 saturated heterocycles. The van der Waals surface area contributed by atoms with Crippen LogP contribution < -0.4 is 5.46 Å². The molecule has 0 N–H and O–H groups in total. The number of benzene rings is 1. The predicted molar refractivity (Wildman–Crippen MR) is 71.0 cm³/mol. The first-order chi connectivity index (χ1) is 9.68. The van der Waals surface area contributed by atoms with Crippen LogP contribution in [0.5, 0.6) is 0 Å². The van der Waals surface area contributed by atoms with E-state index in [-0.39, 0.29) is 11.5 Å². The fourth-order valence-corrected chi connectivity index (χ4v) is 2.51. The third-order valence-electron chi connectivity index (χ3n) is 4.59. The first-order valence-corrected chi connectivity index (χ1v) is 6.64. The number of hydrogen-bond acceptors (Lipinski definition) is 1. The van der Waals surface area contributed by atoms with Crippen LogP contribution in [0.2, 0.25) is 5.31 Å². The van der Waals surface area contributed by atoms with Gasteiger partial charge >= 0.3 is 19.3 Å². The fourth-order valence-electron chi connectivity index (χ4n) is 2.51. The van der Waals surface area contributed by atoms with Crippen molar-refractivity contribution in [3.8, 4) is 0 Å². The monoisotopic (exact) mass is 324 g/mol. The molecule has 0 unspecified atom stereocenters. The Morgan fingerprint density at radius 2 is 1.45 bits per heavy atom. The minimum atomic E-state index is -4.88. The summed E-state index contributed by atoms with van der Waals surface area (Å²) in [4.78, 5) is 0. The largest absolute Gasteiger partial charge is 0.425 e. The van der Waals surface area contributed by atoms with Crippen LogP contribution in [0.1, 0.15) is 38.8 Å². The van der Waals surface area contributed by atoms with E-state index in [4.69, 9.17) is 4.65 Å². The van der Waals surface area contributed by atoms with Gasteiger partial charge in [0.1, 0.15) is 0 Å². The van der Waals surface area contributed by atoms with Gasteiger partial charge in [0.15, 0.2) is 0 Å². The molecule has 0 amide bonds. The Morgan fingerprint density at radius 1 is 0.909 bits per heavy atom. The summed E-state index contributed by atoms with van der Waals surface area (Å²) in [5.41, 5.74) is -3.52. The number of halogens is 6. The van der Waals surface area contributed by atoms with Crippen LogP contribution in [0.25, 0.3) is 0 Å². The Bertz CT molecular complexity index is 588. The third kappa shape index (κ3) is 2.62. The lowest BCUT2D eigenvalue weighted by Gasteiger charge is -2.57. The van der Waals surface area contributed by atoms with Crippen LogP contribution in [-0.2, 0) is 17.0 Å². The molecule has 1 nitrogen and oxygen atoms in total. The third-order valence-corrected chi connectivity index (χ3v) is 4.59. The second-order valence-corrected chi connectivity index (χ2v) is 6.53. The van der Waals surface area contributed by atoms with Gasteiger partial charge in [0, 0.05) is 10.9 Å². The highest BCUT2D eigenvalue weighted by atomic mass is 19.4. The zero-order valence-electron chi connectivity index (χ0n) is 12.5. The lowest BCUT2D eigenvalue weighted by molar-refractivity contribution is -0.142. The maximum absolute atomic E-state index is 13.2. The molecule has 0 spiro atoms. The van der Waals surface area contributed by atoms with E-state index in [1.54, 1.807) is 27.7 Å². The number of hydrogen-bond donors (Lipinski definition) is 0. The van der Waals surface area contributed by atoms with Gasteiger partial charge in [-0.1, -0.05) is 26.0 Å². The van der Waals surface area contributed by atoms with Crippen molar-refractivity contribution >= 4 is 12.4 Å². The summed E-state index contributed by atoms with van der Waals surface area (Å²) in [5, 5.41) is -0.632. The molecule has 0 aromatic heterocycles. The molecule has 1 aliphatic rings. The van der Waals surface area contributed by atoms with Gasteiger partial charge < -0.3 is 4.65 Å². The first kappa shape index (κ1) is 17.2. The molecule has 122 valence electrons. The topological polar surface area (TPSA) is 9.23 Å². The minimum Gasteiger partial charge on any atom is -0.425 e. The van der Waals surface area contributed by atoms with Crippen LogP contribution in [0.3, 0.4) is 0 Å². The summed E-state index contributed by atoms with van der Waals surface area (Å²) in [6.07, 6.45) is -9.70. The fraction of sp³-hybridized carbons (Fsp3) is 0.571. The standard InChI is InChI=1S/C14H15BF6O/c1-11(2)12(3,4)22-15(11)10-6-5-8(13(16,17)18)7-9(10)14(19,20)21/h5-7H,1-4H3. The summed E-state index contributed by atoms with van der Waals surface area (Å²) >= 11 is 0. The quantitative estimate of drug-likeness (QED) is 0.545. The van der Waals surface area contributed by atoms with Crippen molar-refractivity contribution in [1.82, 2.24) is 0 Å². The van der Waals surface area contributed by atoms with E-state index < -0.39 is 41.3 Å². The normalized spacial score (nSPS) is 20.7. The summed E-state index contributed by atoms with van der Waals surface area (Å²) in [6.45, 7) is 6.04. The van der Waals surface area contributed by atoms with Crippen LogP contribution in [-0.4, -0.2) is 12.5 Å². The lowest BCUT2D eigenvalue weighted by atomic mass is 9.32. The molecule has 0 saturated carbocycles. The first-order valence-electron chi connectivity index (χ1n) is 6.64. The second-order valence-electron chi connectivity index (χ2n) is 6.53. The van der Waals surface area contributed by atoms with Crippen LogP contribution >= 0.6 is 0 Å². The highest BCUT2D eigenvalue weighted by Crippen LogP contribution is 2.53. The predicted octanol–water partition coefficient (Wildman–Crippen LogP) is 4.51. The molecule has 0 bridgehead atoms. The van der Waals surface area contributed by atoms with Gasteiger partial charge in [0.25, 0.3) is 0 Å². The van der Waals surface area contributed by atoms with E-state index in [0.29, 0.717) is 6.07 Å². The minimum absolute atomic E-state index is 0.153.